The number of aliphatic hydroxyl groups is 1. The fourth-order valence-electron chi connectivity index (χ4n) is 4.19. The van der Waals surface area contributed by atoms with Crippen molar-refractivity contribution in [2.24, 2.45) is 16.5 Å². The average Bonchev–Trinajstić information content (AvgIpc) is 3.03. The van der Waals surface area contributed by atoms with Crippen molar-refractivity contribution >= 4 is 47.4 Å². The van der Waals surface area contributed by atoms with Crippen LogP contribution in [0.15, 0.2) is 35.3 Å². The third-order valence-electron chi connectivity index (χ3n) is 6.63. The van der Waals surface area contributed by atoms with E-state index < -0.39 is 73.1 Å². The second kappa shape index (κ2) is 23.1. The Morgan fingerprint density at radius 3 is 1.94 bits per heavy atom. The van der Waals surface area contributed by atoms with E-state index in [1.807, 2.05) is 18.2 Å². The van der Waals surface area contributed by atoms with Crippen LogP contribution < -0.4 is 43.4 Å². The molecular formula is C30H47N9O9. The summed E-state index contributed by atoms with van der Waals surface area (Å²) in [7, 11) is 0. The lowest BCUT2D eigenvalue weighted by Crippen LogP contribution is -2.55. The van der Waals surface area contributed by atoms with Crippen LogP contribution in [0.2, 0.25) is 0 Å². The van der Waals surface area contributed by atoms with Crippen molar-refractivity contribution in [3.8, 4) is 0 Å². The first-order valence-corrected chi connectivity index (χ1v) is 15.4. The lowest BCUT2D eigenvalue weighted by molar-refractivity contribution is -0.140. The molecule has 2 rings (SSSR count). The number of unbranched alkanes of at least 4 members (excludes halogenated alkanes) is 1. The predicted molar refractivity (Wildman–Crippen MR) is 174 cm³/mol. The maximum atomic E-state index is 13.2. The molecule has 0 saturated carbocycles. The molecule has 0 aromatic heterocycles. The molecule has 3 atom stereocenters. The van der Waals surface area contributed by atoms with Crippen molar-refractivity contribution in [2.45, 2.75) is 70.0 Å². The van der Waals surface area contributed by atoms with Crippen molar-refractivity contribution in [3.63, 3.8) is 0 Å². The van der Waals surface area contributed by atoms with E-state index in [1.54, 1.807) is 0 Å². The first kappa shape index (κ1) is 40.8. The van der Waals surface area contributed by atoms with Crippen molar-refractivity contribution < 1.29 is 43.8 Å². The Hall–Kier alpha value is -5.26. The van der Waals surface area contributed by atoms with Crippen LogP contribution in [-0.2, 0) is 33.6 Å². The van der Waals surface area contributed by atoms with Gasteiger partial charge in [-0.25, -0.2) is 0 Å². The summed E-state index contributed by atoms with van der Waals surface area (Å²) in [4.78, 5) is 89.9. The first-order valence-electron chi connectivity index (χ1n) is 15.4. The van der Waals surface area contributed by atoms with Gasteiger partial charge in [-0.05, 0) is 39.0 Å². The normalized spacial score (nSPS) is 18.9. The summed E-state index contributed by atoms with van der Waals surface area (Å²) in [6.45, 7) is 0.961. The van der Waals surface area contributed by atoms with E-state index in [2.05, 4.69) is 55.9 Å². The summed E-state index contributed by atoms with van der Waals surface area (Å²) < 4.78 is 0. The number of aliphatic imine (C=N–C) groups is 1. The minimum Gasteiger partial charge on any atom is -0.481 e. The molecule has 1 aliphatic heterocycles. The third-order valence-corrected chi connectivity index (χ3v) is 6.63. The molecule has 0 bridgehead atoms. The van der Waals surface area contributed by atoms with Gasteiger partial charge in [-0.3, -0.25) is 38.6 Å². The van der Waals surface area contributed by atoms with Gasteiger partial charge in [0.2, 0.25) is 35.4 Å². The number of aliphatic carboxylic acids is 1. The Morgan fingerprint density at radius 2 is 1.40 bits per heavy atom. The highest BCUT2D eigenvalue weighted by Gasteiger charge is 2.29. The smallest absolute Gasteiger partial charge is 0.305 e. The minimum absolute atomic E-state index is 0.0477. The summed E-state index contributed by atoms with van der Waals surface area (Å²) in [6, 6.07) is 6.45. The Morgan fingerprint density at radius 1 is 0.833 bits per heavy atom. The number of benzene rings is 1. The second-order valence-corrected chi connectivity index (χ2v) is 10.8. The van der Waals surface area contributed by atoms with Gasteiger partial charge in [0.15, 0.2) is 5.96 Å². The molecule has 0 aliphatic carbocycles. The minimum atomic E-state index is -1.53. The third kappa shape index (κ3) is 18.6. The van der Waals surface area contributed by atoms with Crippen LogP contribution in [0.25, 0.3) is 0 Å². The van der Waals surface area contributed by atoms with E-state index in [4.69, 9.17) is 21.7 Å². The summed E-state index contributed by atoms with van der Waals surface area (Å²) in [5.41, 5.74) is 11.9. The molecule has 1 heterocycles. The van der Waals surface area contributed by atoms with Gasteiger partial charge in [0.1, 0.15) is 18.1 Å². The Kier molecular flexibility index (Phi) is 19.6. The van der Waals surface area contributed by atoms with Gasteiger partial charge in [-0.2, -0.15) is 0 Å². The highest BCUT2D eigenvalue weighted by atomic mass is 16.4. The number of rotatable bonds is 13. The standard InChI is InChI=1S/C23H39N9O9.C7H8/c24-23(25)27-8-3-5-13-20(39)28-12-18(36)31-15(10-19(37)38)21(40)29-11-17(35)30-14(22(41)32-13)4-1-2-7-26-16(34)6-9-33;1-7-5-3-2-4-6-7/h13-15,33H,1-12H2,(H,26,34)(H,28,39)(H,29,40)(H,30,35)(H,31,36)(H,32,41)(H,37,38)(H4,24,25,27);2-6H,1H3/t13-,14-,15-;/m0./s1. The number of hydrogen-bond donors (Lipinski definition) is 10. The number of carboxylic acids is 1. The molecule has 48 heavy (non-hydrogen) atoms. The van der Waals surface area contributed by atoms with E-state index in [-0.39, 0.29) is 57.2 Å². The largest absolute Gasteiger partial charge is 0.481 e. The summed E-state index contributed by atoms with van der Waals surface area (Å²) in [6.07, 6.45) is 0.407. The number of nitrogens with zero attached hydrogens (tertiary/aromatic N) is 1. The van der Waals surface area contributed by atoms with Gasteiger partial charge in [-0.1, -0.05) is 35.9 Å². The molecule has 12 N–H and O–H groups in total. The molecule has 18 heteroatoms. The van der Waals surface area contributed by atoms with Gasteiger partial charge in [-0.15, -0.1) is 0 Å². The number of aryl methyl sites for hydroxylation is 1. The molecule has 1 fully saturated rings. The topological polar surface area (TPSA) is 297 Å². The molecule has 266 valence electrons. The Balaban J connectivity index is 0.00000145. The van der Waals surface area contributed by atoms with Crippen LogP contribution in [0.3, 0.4) is 0 Å². The zero-order valence-electron chi connectivity index (χ0n) is 27.0. The second-order valence-electron chi connectivity index (χ2n) is 10.8. The van der Waals surface area contributed by atoms with Crippen molar-refractivity contribution in [1.29, 1.82) is 0 Å². The van der Waals surface area contributed by atoms with Gasteiger partial charge in [0.05, 0.1) is 26.1 Å². The lowest BCUT2D eigenvalue weighted by Gasteiger charge is -2.23. The SMILES string of the molecule is Cc1ccccc1.NC(N)=NCCC[C@@H]1NC(=O)[C@H](CCCCNC(=O)CCO)NC(=O)CNC(=O)[C@H](CC(=O)O)NC(=O)CNC1=O. The van der Waals surface area contributed by atoms with Crippen LogP contribution in [0, 0.1) is 6.92 Å². The fourth-order valence-corrected chi connectivity index (χ4v) is 4.19. The average molecular weight is 678 g/mol. The van der Waals surface area contributed by atoms with Crippen LogP contribution in [0.1, 0.15) is 50.5 Å². The van der Waals surface area contributed by atoms with E-state index >= 15 is 0 Å². The molecule has 0 spiro atoms. The molecule has 18 nitrogen and oxygen atoms in total. The van der Waals surface area contributed by atoms with Gasteiger partial charge in [0.25, 0.3) is 0 Å². The zero-order valence-corrected chi connectivity index (χ0v) is 27.0. The lowest BCUT2D eigenvalue weighted by atomic mass is 10.1. The summed E-state index contributed by atoms with van der Waals surface area (Å²) >= 11 is 0. The van der Waals surface area contributed by atoms with E-state index in [1.165, 1.54) is 5.56 Å². The van der Waals surface area contributed by atoms with Gasteiger partial charge in [0, 0.05) is 19.5 Å². The van der Waals surface area contributed by atoms with Crippen LogP contribution >= 0.6 is 0 Å². The Bertz CT molecular complexity index is 1260. The molecule has 0 radical (unpaired) electrons. The molecule has 1 saturated heterocycles. The zero-order chi connectivity index (χ0) is 35.9. The predicted octanol–water partition coefficient (Wildman–Crippen LogP) is -3.12. The van der Waals surface area contributed by atoms with Crippen LogP contribution in [0.4, 0.5) is 0 Å². The maximum absolute atomic E-state index is 13.2. The van der Waals surface area contributed by atoms with Crippen LogP contribution in [-0.4, -0.2) is 108 Å². The van der Waals surface area contributed by atoms with E-state index in [9.17, 15) is 33.6 Å². The number of guanidine groups is 1. The van der Waals surface area contributed by atoms with Gasteiger partial charge >= 0.3 is 5.97 Å². The highest BCUT2D eigenvalue weighted by Crippen LogP contribution is 2.05. The quantitative estimate of drug-likeness (QED) is 0.0566. The molecule has 6 amide bonds. The molecule has 1 aromatic carbocycles. The number of nitrogens with two attached hydrogens (primary N) is 2. The molecule has 0 unspecified atom stereocenters. The van der Waals surface area contributed by atoms with E-state index in [0.29, 0.717) is 12.8 Å². The highest BCUT2D eigenvalue weighted by molar-refractivity contribution is 5.97. The Labute approximate surface area is 278 Å². The number of aliphatic hydroxyl groups excluding tert-OH is 1. The maximum Gasteiger partial charge on any atom is 0.305 e. The molecule has 1 aliphatic rings. The summed E-state index contributed by atoms with van der Waals surface area (Å²) in [5.74, 6) is -5.94. The van der Waals surface area contributed by atoms with Crippen molar-refractivity contribution in [3.05, 3.63) is 35.9 Å². The first-order chi connectivity index (χ1) is 22.8. The monoisotopic (exact) mass is 677 g/mol. The number of carbonyl (C=O) groups excluding carboxylic acids is 6. The molecule has 1 aromatic rings. The van der Waals surface area contributed by atoms with Gasteiger partial charge < -0.3 is 53.6 Å². The van der Waals surface area contributed by atoms with E-state index in [0.717, 1.165) is 0 Å². The fraction of sp³-hybridized carbons (Fsp3) is 0.533. The van der Waals surface area contributed by atoms with Crippen LogP contribution in [0.5, 0.6) is 0 Å². The number of nitrogens with one attached hydrogen (secondary N) is 6. The number of carbonyl (C=O) groups is 7. The summed E-state index contributed by atoms with van der Waals surface area (Å²) in [5, 5.41) is 32.3. The molecular weight excluding hydrogens is 630 g/mol. The number of amides is 6. The number of carboxylic acid groups (broad SMARTS) is 1. The van der Waals surface area contributed by atoms with Crippen molar-refractivity contribution in [1.82, 2.24) is 31.9 Å². The number of hydrogen-bond acceptors (Lipinski definition) is 9. The van der Waals surface area contributed by atoms with Crippen molar-refractivity contribution in [2.75, 3.05) is 32.8 Å².